The molecule has 1 heteroatoms. The number of hydrogen-bond donors (Lipinski definition) is 0. The van der Waals surface area contributed by atoms with Crippen molar-refractivity contribution in [2.45, 2.75) is 6.90 Å². The lowest BCUT2D eigenvalue weighted by Crippen LogP contribution is -2.08. The summed E-state index contributed by atoms with van der Waals surface area (Å²) in [7, 11) is 0. The standard InChI is InChI=1S/C4H11N/c1-4-5(2)3/h4H2,1-3H3/i1D,2D3,3D3,4D2. The van der Waals surface area contributed by atoms with Gasteiger partial charge in [-0.3, -0.25) is 0 Å². The lowest BCUT2D eigenvalue weighted by molar-refractivity contribution is 0.434. The molecule has 5 heavy (non-hydrogen) atoms. The molecule has 0 aromatic rings. The van der Waals surface area contributed by atoms with Crippen molar-refractivity contribution >= 4 is 0 Å². The number of hydrogen-bond acceptors (Lipinski definition) is 1. The minimum absolute atomic E-state index is 0.236. The van der Waals surface area contributed by atoms with Crippen LogP contribution < -0.4 is 0 Å². The van der Waals surface area contributed by atoms with E-state index in [1.807, 2.05) is 0 Å². The van der Waals surface area contributed by atoms with E-state index in [1.54, 1.807) is 0 Å². The van der Waals surface area contributed by atoms with Gasteiger partial charge in [-0.1, -0.05) is 6.90 Å². The highest BCUT2D eigenvalue weighted by molar-refractivity contribution is 4.25. The van der Waals surface area contributed by atoms with Crippen LogP contribution in [0.15, 0.2) is 0 Å². The molecule has 0 rings (SSSR count). The largest absolute Gasteiger partial charge is 0.310 e. The maximum absolute atomic E-state index is 7.13. The van der Waals surface area contributed by atoms with Gasteiger partial charge in [-0.2, -0.15) is 0 Å². The third kappa shape index (κ3) is 3.96. The SMILES string of the molecule is [2H]CC([2H])([2H])N(C([2H])([2H])[2H])C([2H])([2H])[2H]. The van der Waals surface area contributed by atoms with Crippen LogP contribution in [-0.2, 0) is 0 Å². The fraction of sp³-hybridized carbons (Fsp3) is 1.00. The maximum Gasteiger partial charge on any atom is 0.0427 e. The molecule has 0 spiro atoms. The second kappa shape index (κ2) is 2.21. The van der Waals surface area contributed by atoms with E-state index < -0.39 is 27.3 Å². The molecule has 0 aliphatic heterocycles. The molecule has 1 nitrogen and oxygen atoms in total. The van der Waals surface area contributed by atoms with Crippen LogP contribution in [0.4, 0.5) is 0 Å². The maximum atomic E-state index is 7.13. The van der Waals surface area contributed by atoms with Crippen LogP contribution in [0.2, 0.25) is 0 Å². The Morgan fingerprint density at radius 3 is 3.00 bits per heavy atom. The first-order valence-corrected chi connectivity index (χ1v) is 1.02. The van der Waals surface area contributed by atoms with Gasteiger partial charge in [0.05, 0.1) is 0 Å². The minimum Gasteiger partial charge on any atom is -0.310 e. The summed E-state index contributed by atoms with van der Waals surface area (Å²) >= 11 is 0. The molecule has 0 N–H and O–H groups in total. The normalized spacial score (nSPS) is 43.8. The Morgan fingerprint density at radius 1 is 2.00 bits per heavy atom. The van der Waals surface area contributed by atoms with E-state index >= 15 is 0 Å². The van der Waals surface area contributed by atoms with Crippen molar-refractivity contribution in [2.75, 3.05) is 20.4 Å². The van der Waals surface area contributed by atoms with Crippen molar-refractivity contribution in [2.24, 2.45) is 0 Å². The van der Waals surface area contributed by atoms with Crippen molar-refractivity contribution in [3.63, 3.8) is 0 Å². The zero-order chi connectivity index (χ0) is 11.8. The summed E-state index contributed by atoms with van der Waals surface area (Å²) in [6, 6.07) is 0. The van der Waals surface area contributed by atoms with Crippen molar-refractivity contribution in [3.8, 4) is 0 Å². The lowest BCUT2D eigenvalue weighted by Gasteiger charge is -2.00. The predicted molar refractivity (Wildman–Crippen MR) is 24.2 cm³/mol. The topological polar surface area (TPSA) is 3.24 Å². The highest BCUT2D eigenvalue weighted by atomic mass is 15.0. The van der Waals surface area contributed by atoms with Crippen LogP contribution in [0.25, 0.3) is 0 Å². The van der Waals surface area contributed by atoms with Crippen LogP contribution in [0.3, 0.4) is 0 Å². The number of rotatable bonds is 1. The summed E-state index contributed by atoms with van der Waals surface area (Å²) in [5.74, 6) is 0. The van der Waals surface area contributed by atoms with E-state index in [2.05, 4.69) is 0 Å². The van der Waals surface area contributed by atoms with Gasteiger partial charge >= 0.3 is 0 Å². The van der Waals surface area contributed by atoms with Gasteiger partial charge in [0.2, 0.25) is 0 Å². The summed E-state index contributed by atoms with van der Waals surface area (Å²) in [5, 5.41) is 0. The quantitative estimate of drug-likeness (QED) is 0.447. The molecule has 0 aliphatic rings. The molecule has 0 aromatic carbocycles. The first-order chi connectivity index (χ1) is 5.93. The van der Waals surface area contributed by atoms with Gasteiger partial charge in [0.15, 0.2) is 0 Å². The fourth-order valence-electron chi connectivity index (χ4n) is 0. The molecule has 0 saturated carbocycles. The van der Waals surface area contributed by atoms with Gasteiger partial charge in [-0.15, -0.1) is 0 Å². The monoisotopic (exact) mass is 82.1 g/mol. The Bertz CT molecular complexity index is 176. The van der Waals surface area contributed by atoms with Crippen LogP contribution in [-0.4, -0.2) is 25.3 Å². The van der Waals surface area contributed by atoms with Crippen molar-refractivity contribution < 1.29 is 12.3 Å². The zero-order valence-corrected chi connectivity index (χ0v) is 2.65. The summed E-state index contributed by atoms with van der Waals surface area (Å²) in [6.45, 7) is -9.83. The molecule has 0 radical (unpaired) electrons. The first-order valence-electron chi connectivity index (χ1n) is 5.73. The predicted octanol–water partition coefficient (Wildman–Crippen LogP) is 0.568. The summed E-state index contributed by atoms with van der Waals surface area (Å²) in [5.41, 5.74) is 0. The molecule has 0 atom stereocenters. The van der Waals surface area contributed by atoms with Crippen LogP contribution in [0.1, 0.15) is 19.2 Å². The molecular weight excluding hydrogens is 62.1 g/mol. The van der Waals surface area contributed by atoms with E-state index in [0.717, 1.165) is 0 Å². The van der Waals surface area contributed by atoms with E-state index in [4.69, 9.17) is 12.3 Å². The molecule has 0 bridgehead atoms. The Labute approximate surface area is 46.2 Å². The van der Waals surface area contributed by atoms with Crippen molar-refractivity contribution in [1.82, 2.24) is 4.90 Å². The average Bonchev–Trinajstić information content (AvgIpc) is 1.79. The molecule has 0 aromatic heterocycles. The smallest absolute Gasteiger partial charge is 0.0427 e. The van der Waals surface area contributed by atoms with Crippen molar-refractivity contribution in [3.05, 3.63) is 0 Å². The molecule has 0 heterocycles. The summed E-state index contributed by atoms with van der Waals surface area (Å²) in [4.78, 5) is -0.236. The van der Waals surface area contributed by atoms with Crippen LogP contribution >= 0.6 is 0 Å². The Morgan fingerprint density at radius 2 is 2.80 bits per heavy atom. The van der Waals surface area contributed by atoms with E-state index in [9.17, 15) is 0 Å². The van der Waals surface area contributed by atoms with Crippen LogP contribution in [0.5, 0.6) is 0 Å². The Balaban J connectivity index is 5.14. The third-order valence-electron chi connectivity index (χ3n) is 0.158. The van der Waals surface area contributed by atoms with E-state index in [0.29, 0.717) is 0 Å². The highest BCUT2D eigenvalue weighted by Gasteiger charge is 1.72. The molecule has 0 amide bonds. The Kier molecular flexibility index (Phi) is 0.205. The van der Waals surface area contributed by atoms with E-state index in [1.165, 1.54) is 0 Å². The average molecular weight is 82.2 g/mol. The second-order valence-corrected chi connectivity index (χ2v) is 0.494. The fourth-order valence-corrected chi connectivity index (χ4v) is 0. The third-order valence-corrected chi connectivity index (χ3v) is 0.158. The highest BCUT2D eigenvalue weighted by Crippen LogP contribution is 1.63. The lowest BCUT2D eigenvalue weighted by atomic mass is 10.7. The van der Waals surface area contributed by atoms with Gasteiger partial charge in [0.1, 0.15) is 0 Å². The van der Waals surface area contributed by atoms with E-state index in [-0.39, 0.29) is 4.90 Å². The molecule has 0 unspecified atom stereocenters. The van der Waals surface area contributed by atoms with Gasteiger partial charge < -0.3 is 4.90 Å². The molecule has 32 valence electrons. The van der Waals surface area contributed by atoms with Gasteiger partial charge in [-0.05, 0) is 20.4 Å². The molecular formula is C4H11N. The van der Waals surface area contributed by atoms with Gasteiger partial charge in [0.25, 0.3) is 0 Å². The Hall–Kier alpha value is -0.0400. The summed E-state index contributed by atoms with van der Waals surface area (Å²) in [6.07, 6.45) is 0. The van der Waals surface area contributed by atoms with Crippen molar-refractivity contribution in [1.29, 1.82) is 0 Å². The van der Waals surface area contributed by atoms with Crippen LogP contribution in [0, 0.1) is 0 Å². The summed E-state index contributed by atoms with van der Waals surface area (Å²) < 4.78 is 62.3. The number of nitrogens with zero attached hydrogens (tertiary/aromatic N) is 1. The minimum atomic E-state index is -3.09. The first kappa shape index (κ1) is 0.463. The van der Waals surface area contributed by atoms with Gasteiger partial charge in [0, 0.05) is 12.3 Å². The zero-order valence-electron chi connectivity index (χ0n) is 11.7. The second-order valence-electron chi connectivity index (χ2n) is 0.494. The molecule has 0 fully saturated rings. The van der Waals surface area contributed by atoms with Gasteiger partial charge in [-0.25, -0.2) is 0 Å². The molecule has 0 saturated heterocycles. The molecule has 0 aliphatic carbocycles.